The number of carbonyl (C=O) groups excluding carboxylic acids is 1. The highest BCUT2D eigenvalue weighted by molar-refractivity contribution is 5.98. The van der Waals surface area contributed by atoms with Crippen LogP contribution in [0.3, 0.4) is 0 Å². The number of nitrogens with zero attached hydrogens (tertiary/aromatic N) is 1. The summed E-state index contributed by atoms with van der Waals surface area (Å²) in [6, 6.07) is 17.9. The molecule has 0 spiro atoms. The number of nitrogens with one attached hydrogen (secondary N) is 2. The van der Waals surface area contributed by atoms with Crippen LogP contribution < -0.4 is 5.32 Å². The van der Waals surface area contributed by atoms with E-state index in [-0.39, 0.29) is 12.5 Å². The number of hydrogen-bond donors (Lipinski definition) is 2. The Morgan fingerprint density at radius 1 is 1.09 bits per heavy atom. The Balaban J connectivity index is 1.63. The highest BCUT2D eigenvalue weighted by Gasteiger charge is 2.09. The van der Waals surface area contributed by atoms with Crippen LogP contribution in [-0.4, -0.2) is 23.2 Å². The number of hydrogen-bond acceptors (Lipinski definition) is 2. The molecule has 0 aliphatic carbocycles. The zero-order valence-corrected chi connectivity index (χ0v) is 12.8. The molecular weight excluding hydrogens is 286 g/mol. The van der Waals surface area contributed by atoms with E-state index in [4.69, 9.17) is 5.41 Å². The Morgan fingerprint density at radius 2 is 1.83 bits per heavy atom. The van der Waals surface area contributed by atoms with Crippen molar-refractivity contribution in [3.05, 3.63) is 71.9 Å². The molecule has 1 amide bonds. The Hall–Kier alpha value is -2.88. The van der Waals surface area contributed by atoms with E-state index >= 15 is 0 Å². The summed E-state index contributed by atoms with van der Waals surface area (Å²) in [6.45, 7) is 0.891. The summed E-state index contributed by atoms with van der Waals surface area (Å²) < 4.78 is 1.90. The Labute approximate surface area is 135 Å². The molecule has 116 valence electrons. The molecule has 0 unspecified atom stereocenters. The lowest BCUT2D eigenvalue weighted by molar-refractivity contribution is -0.121. The third-order valence-corrected chi connectivity index (χ3v) is 3.87. The third-order valence-electron chi connectivity index (χ3n) is 3.87. The van der Waals surface area contributed by atoms with Gasteiger partial charge in [-0.2, -0.15) is 0 Å². The van der Waals surface area contributed by atoms with Gasteiger partial charge in [0.15, 0.2) is 0 Å². The van der Waals surface area contributed by atoms with Crippen LogP contribution in [0.2, 0.25) is 0 Å². The first-order valence-corrected chi connectivity index (χ1v) is 7.67. The van der Waals surface area contributed by atoms with Crippen molar-refractivity contribution in [2.24, 2.45) is 0 Å². The minimum atomic E-state index is -0.0155. The molecule has 0 atom stereocenters. The lowest BCUT2D eigenvalue weighted by Crippen LogP contribution is -2.29. The van der Waals surface area contributed by atoms with E-state index in [2.05, 4.69) is 17.4 Å². The van der Waals surface area contributed by atoms with Gasteiger partial charge in [-0.1, -0.05) is 48.5 Å². The summed E-state index contributed by atoms with van der Waals surface area (Å²) >= 11 is 0. The number of fused-ring (bicyclic) bond motifs is 1. The molecule has 0 aliphatic heterocycles. The minimum absolute atomic E-state index is 0.0155. The largest absolute Gasteiger partial charge is 0.354 e. The molecule has 2 aromatic carbocycles. The molecular formula is C19H19N3O. The van der Waals surface area contributed by atoms with Gasteiger partial charge in [0, 0.05) is 35.4 Å². The lowest BCUT2D eigenvalue weighted by Gasteiger charge is -2.07. The van der Waals surface area contributed by atoms with Crippen LogP contribution in [0.15, 0.2) is 60.8 Å². The molecule has 1 aromatic heterocycles. The summed E-state index contributed by atoms with van der Waals surface area (Å²) in [5.74, 6) is -0.0155. The van der Waals surface area contributed by atoms with Crippen LogP contribution in [0.25, 0.3) is 10.9 Å². The van der Waals surface area contributed by atoms with Gasteiger partial charge in [0.2, 0.25) is 5.91 Å². The van der Waals surface area contributed by atoms with Crippen LogP contribution in [0.4, 0.5) is 0 Å². The highest BCUT2D eigenvalue weighted by atomic mass is 16.1. The fourth-order valence-corrected chi connectivity index (χ4v) is 2.72. The van der Waals surface area contributed by atoms with Crippen molar-refractivity contribution in [2.45, 2.75) is 13.0 Å². The van der Waals surface area contributed by atoms with E-state index in [0.29, 0.717) is 6.54 Å². The maximum absolute atomic E-state index is 12.2. The van der Waals surface area contributed by atoms with Gasteiger partial charge in [0.25, 0.3) is 0 Å². The second-order valence-corrected chi connectivity index (χ2v) is 5.46. The van der Waals surface area contributed by atoms with Crippen molar-refractivity contribution in [3.8, 4) is 0 Å². The molecule has 0 fully saturated rings. The number of benzene rings is 2. The third kappa shape index (κ3) is 3.48. The lowest BCUT2D eigenvalue weighted by atomic mass is 10.1. The van der Waals surface area contributed by atoms with E-state index in [1.807, 2.05) is 53.2 Å². The summed E-state index contributed by atoms with van der Waals surface area (Å²) in [5, 5.41) is 11.4. The molecule has 0 aliphatic rings. The van der Waals surface area contributed by atoms with Crippen molar-refractivity contribution in [2.75, 3.05) is 6.54 Å². The van der Waals surface area contributed by atoms with Gasteiger partial charge < -0.3 is 15.3 Å². The quantitative estimate of drug-likeness (QED) is 0.676. The van der Waals surface area contributed by atoms with E-state index in [1.54, 1.807) is 0 Å². The van der Waals surface area contributed by atoms with Gasteiger partial charge >= 0.3 is 0 Å². The molecule has 4 nitrogen and oxygen atoms in total. The normalized spacial score (nSPS) is 10.6. The Bertz CT molecular complexity index is 821. The fraction of sp³-hybridized carbons (Fsp3) is 0.158. The molecule has 0 bridgehead atoms. The number of carbonyl (C=O) groups is 1. The van der Waals surface area contributed by atoms with Gasteiger partial charge in [-0.25, -0.2) is 0 Å². The van der Waals surface area contributed by atoms with Crippen LogP contribution in [0.1, 0.15) is 11.1 Å². The standard InChI is InChI=1S/C19H19N3O/c20-12-16-13-22(18-9-5-4-8-17(16)18)14-19(23)21-11-10-15-6-2-1-3-7-15/h1-9,12-13,20H,10-11,14H2,(H,21,23). The van der Waals surface area contributed by atoms with Gasteiger partial charge in [-0.05, 0) is 18.1 Å². The number of amides is 1. The highest BCUT2D eigenvalue weighted by Crippen LogP contribution is 2.19. The molecule has 0 radical (unpaired) electrons. The van der Waals surface area contributed by atoms with E-state index in [0.717, 1.165) is 22.9 Å². The predicted octanol–water partition coefficient (Wildman–Crippen LogP) is 3.00. The van der Waals surface area contributed by atoms with Gasteiger partial charge in [-0.15, -0.1) is 0 Å². The average Bonchev–Trinajstić information content (AvgIpc) is 2.94. The van der Waals surface area contributed by atoms with Crippen molar-refractivity contribution in [3.63, 3.8) is 0 Å². The molecule has 0 saturated heterocycles. The molecule has 2 N–H and O–H groups in total. The number of rotatable bonds is 6. The van der Waals surface area contributed by atoms with E-state index in [9.17, 15) is 4.79 Å². The smallest absolute Gasteiger partial charge is 0.239 e. The second-order valence-electron chi connectivity index (χ2n) is 5.46. The maximum atomic E-state index is 12.2. The average molecular weight is 305 g/mol. The van der Waals surface area contributed by atoms with Crippen LogP contribution in [-0.2, 0) is 17.8 Å². The van der Waals surface area contributed by atoms with Gasteiger partial charge in [-0.3, -0.25) is 4.79 Å². The summed E-state index contributed by atoms with van der Waals surface area (Å²) in [6.07, 6.45) is 4.01. The van der Waals surface area contributed by atoms with E-state index in [1.165, 1.54) is 11.8 Å². The number of para-hydroxylation sites is 1. The first kappa shape index (κ1) is 15.0. The van der Waals surface area contributed by atoms with Gasteiger partial charge in [0.05, 0.1) is 0 Å². The molecule has 0 saturated carbocycles. The first-order valence-electron chi connectivity index (χ1n) is 7.67. The monoisotopic (exact) mass is 305 g/mol. The summed E-state index contributed by atoms with van der Waals surface area (Å²) in [7, 11) is 0. The predicted molar refractivity (Wildman–Crippen MR) is 93.0 cm³/mol. The van der Waals surface area contributed by atoms with Crippen molar-refractivity contribution < 1.29 is 4.79 Å². The molecule has 1 heterocycles. The SMILES string of the molecule is N=Cc1cn(CC(=O)NCCc2ccccc2)c2ccccc12. The van der Waals surface area contributed by atoms with Crippen molar-refractivity contribution in [1.29, 1.82) is 5.41 Å². The Morgan fingerprint density at radius 3 is 2.61 bits per heavy atom. The maximum Gasteiger partial charge on any atom is 0.239 e. The van der Waals surface area contributed by atoms with Crippen molar-refractivity contribution in [1.82, 2.24) is 9.88 Å². The summed E-state index contributed by atoms with van der Waals surface area (Å²) in [4.78, 5) is 12.2. The molecule has 4 heteroatoms. The number of aromatic nitrogens is 1. The van der Waals surface area contributed by atoms with Crippen LogP contribution >= 0.6 is 0 Å². The Kier molecular flexibility index (Phi) is 4.52. The zero-order chi connectivity index (χ0) is 16.1. The minimum Gasteiger partial charge on any atom is -0.354 e. The fourth-order valence-electron chi connectivity index (χ4n) is 2.72. The van der Waals surface area contributed by atoms with Crippen LogP contribution in [0.5, 0.6) is 0 Å². The molecule has 23 heavy (non-hydrogen) atoms. The zero-order valence-electron chi connectivity index (χ0n) is 12.8. The molecule has 3 aromatic rings. The van der Waals surface area contributed by atoms with Gasteiger partial charge in [0.1, 0.15) is 6.54 Å². The van der Waals surface area contributed by atoms with E-state index < -0.39 is 0 Å². The molecule has 3 rings (SSSR count). The topological polar surface area (TPSA) is 57.9 Å². The first-order chi connectivity index (χ1) is 11.3. The second kappa shape index (κ2) is 6.92. The van der Waals surface area contributed by atoms with Crippen LogP contribution in [0, 0.1) is 5.41 Å². The van der Waals surface area contributed by atoms with Crippen molar-refractivity contribution >= 4 is 23.0 Å². The summed E-state index contributed by atoms with van der Waals surface area (Å²) in [5.41, 5.74) is 3.02.